The van der Waals surface area contributed by atoms with Gasteiger partial charge in [-0.3, -0.25) is 14.4 Å². The molecular weight excluding hydrogens is 302 g/mol. The Bertz CT molecular complexity index is 714. The molecule has 0 bridgehead atoms. The van der Waals surface area contributed by atoms with Crippen LogP contribution >= 0.6 is 0 Å². The van der Waals surface area contributed by atoms with Gasteiger partial charge in [-0.2, -0.15) is 5.10 Å². The fourth-order valence-electron chi connectivity index (χ4n) is 4.04. The van der Waals surface area contributed by atoms with Gasteiger partial charge in [-0.05, 0) is 44.4 Å². The Morgan fingerprint density at radius 3 is 3.04 bits per heavy atom. The van der Waals surface area contributed by atoms with Crippen molar-refractivity contribution in [1.29, 1.82) is 0 Å². The number of benzene rings is 1. The molecule has 0 saturated carbocycles. The number of rotatable bonds is 4. The van der Waals surface area contributed by atoms with Crippen molar-refractivity contribution in [2.75, 3.05) is 18.0 Å². The SMILES string of the molecule is CC(C(=O)N1CCc2ccccc21)N1CCCC1Cn1cncn1. The van der Waals surface area contributed by atoms with E-state index in [4.69, 9.17) is 0 Å². The van der Waals surface area contributed by atoms with E-state index in [1.807, 2.05) is 28.6 Å². The van der Waals surface area contributed by atoms with E-state index in [-0.39, 0.29) is 11.9 Å². The molecule has 2 aliphatic rings. The fourth-order valence-corrected chi connectivity index (χ4v) is 4.04. The number of likely N-dealkylation sites (tertiary alicyclic amines) is 1. The fraction of sp³-hybridized carbons (Fsp3) is 0.500. The molecule has 0 N–H and O–H groups in total. The van der Waals surface area contributed by atoms with E-state index in [9.17, 15) is 4.79 Å². The zero-order valence-corrected chi connectivity index (χ0v) is 14.0. The number of para-hydroxylation sites is 1. The van der Waals surface area contributed by atoms with Crippen LogP contribution in [0.25, 0.3) is 0 Å². The summed E-state index contributed by atoms with van der Waals surface area (Å²) in [5, 5.41) is 4.21. The van der Waals surface area contributed by atoms with Crippen LogP contribution in [0, 0.1) is 0 Å². The molecule has 1 saturated heterocycles. The number of hydrogen-bond donors (Lipinski definition) is 0. The predicted molar refractivity (Wildman–Crippen MR) is 91.7 cm³/mol. The average molecular weight is 325 g/mol. The Kier molecular flexibility index (Phi) is 4.06. The monoisotopic (exact) mass is 325 g/mol. The minimum absolute atomic E-state index is 0.104. The molecule has 1 amide bonds. The summed E-state index contributed by atoms with van der Waals surface area (Å²) in [5.41, 5.74) is 2.36. The van der Waals surface area contributed by atoms with Crippen molar-refractivity contribution in [3.63, 3.8) is 0 Å². The molecule has 24 heavy (non-hydrogen) atoms. The van der Waals surface area contributed by atoms with Gasteiger partial charge in [0.25, 0.3) is 0 Å². The molecule has 1 aromatic carbocycles. The van der Waals surface area contributed by atoms with E-state index in [2.05, 4.69) is 27.1 Å². The Hall–Kier alpha value is -2.21. The normalized spacial score (nSPS) is 21.9. The Labute approximate surface area is 142 Å². The highest BCUT2D eigenvalue weighted by atomic mass is 16.2. The van der Waals surface area contributed by atoms with Crippen molar-refractivity contribution >= 4 is 11.6 Å². The first-order valence-corrected chi connectivity index (χ1v) is 8.71. The molecule has 0 radical (unpaired) electrons. The van der Waals surface area contributed by atoms with Gasteiger partial charge in [0, 0.05) is 18.3 Å². The second-order valence-electron chi connectivity index (χ2n) is 6.70. The first-order valence-electron chi connectivity index (χ1n) is 8.71. The summed E-state index contributed by atoms with van der Waals surface area (Å²) in [4.78, 5) is 21.4. The van der Waals surface area contributed by atoms with Gasteiger partial charge in [-0.1, -0.05) is 18.2 Å². The van der Waals surface area contributed by atoms with Crippen LogP contribution in [0.1, 0.15) is 25.3 Å². The van der Waals surface area contributed by atoms with Crippen LogP contribution in [0.4, 0.5) is 5.69 Å². The summed E-state index contributed by atoms with van der Waals surface area (Å²) in [7, 11) is 0. The molecule has 2 atom stereocenters. The summed E-state index contributed by atoms with van der Waals surface area (Å²) >= 11 is 0. The highest BCUT2D eigenvalue weighted by molar-refractivity contribution is 5.98. The highest BCUT2D eigenvalue weighted by Crippen LogP contribution is 2.30. The summed E-state index contributed by atoms with van der Waals surface area (Å²) in [6.07, 6.45) is 6.51. The molecule has 2 aromatic rings. The molecule has 1 aromatic heterocycles. The topological polar surface area (TPSA) is 54.3 Å². The van der Waals surface area contributed by atoms with Gasteiger partial charge in [0.05, 0.1) is 12.6 Å². The molecular formula is C18H23N5O. The second kappa shape index (κ2) is 6.36. The Morgan fingerprint density at radius 1 is 1.33 bits per heavy atom. The lowest BCUT2D eigenvalue weighted by Crippen LogP contribution is -2.49. The average Bonchev–Trinajstić information content (AvgIpc) is 3.34. The zero-order chi connectivity index (χ0) is 16.5. The van der Waals surface area contributed by atoms with Gasteiger partial charge >= 0.3 is 0 Å². The van der Waals surface area contributed by atoms with Crippen molar-refractivity contribution in [1.82, 2.24) is 19.7 Å². The molecule has 2 unspecified atom stereocenters. The first-order chi connectivity index (χ1) is 11.7. The molecule has 2 aliphatic heterocycles. The number of nitrogens with zero attached hydrogens (tertiary/aromatic N) is 5. The number of carbonyl (C=O) groups is 1. The van der Waals surface area contributed by atoms with Gasteiger partial charge in [0.15, 0.2) is 0 Å². The summed E-state index contributed by atoms with van der Waals surface area (Å²) in [6.45, 7) is 4.61. The summed E-state index contributed by atoms with van der Waals surface area (Å²) in [5.74, 6) is 0.213. The minimum Gasteiger partial charge on any atom is -0.310 e. The smallest absolute Gasteiger partial charge is 0.244 e. The molecule has 0 aliphatic carbocycles. The molecule has 6 heteroatoms. The van der Waals surface area contributed by atoms with E-state index in [1.54, 1.807) is 12.7 Å². The summed E-state index contributed by atoms with van der Waals surface area (Å²) < 4.78 is 1.87. The quantitative estimate of drug-likeness (QED) is 0.859. The lowest BCUT2D eigenvalue weighted by atomic mass is 10.1. The molecule has 6 nitrogen and oxygen atoms in total. The van der Waals surface area contributed by atoms with Gasteiger partial charge in [-0.25, -0.2) is 4.98 Å². The van der Waals surface area contributed by atoms with Crippen molar-refractivity contribution < 1.29 is 4.79 Å². The predicted octanol–water partition coefficient (Wildman–Crippen LogP) is 1.72. The maximum absolute atomic E-state index is 13.1. The van der Waals surface area contributed by atoms with E-state index in [1.165, 1.54) is 5.56 Å². The Balaban J connectivity index is 1.48. The third kappa shape index (κ3) is 2.71. The maximum Gasteiger partial charge on any atom is 0.244 e. The lowest BCUT2D eigenvalue weighted by Gasteiger charge is -2.32. The van der Waals surface area contributed by atoms with Crippen LogP contribution in [0.2, 0.25) is 0 Å². The van der Waals surface area contributed by atoms with Crippen LogP contribution in [0.5, 0.6) is 0 Å². The molecule has 126 valence electrons. The minimum atomic E-state index is -0.104. The van der Waals surface area contributed by atoms with Gasteiger partial charge < -0.3 is 4.90 Å². The molecule has 1 fully saturated rings. The second-order valence-corrected chi connectivity index (χ2v) is 6.70. The third-order valence-corrected chi connectivity index (χ3v) is 5.30. The third-order valence-electron chi connectivity index (χ3n) is 5.30. The molecule has 3 heterocycles. The largest absolute Gasteiger partial charge is 0.310 e. The molecule has 4 rings (SSSR count). The van der Waals surface area contributed by atoms with E-state index < -0.39 is 0 Å². The number of amides is 1. The van der Waals surface area contributed by atoms with E-state index >= 15 is 0 Å². The number of hydrogen-bond acceptors (Lipinski definition) is 4. The summed E-state index contributed by atoms with van der Waals surface area (Å²) in [6, 6.07) is 8.49. The maximum atomic E-state index is 13.1. The highest BCUT2D eigenvalue weighted by Gasteiger charge is 2.36. The lowest BCUT2D eigenvalue weighted by molar-refractivity contribution is -0.123. The van der Waals surface area contributed by atoms with Crippen molar-refractivity contribution in [2.24, 2.45) is 0 Å². The first kappa shape index (κ1) is 15.3. The van der Waals surface area contributed by atoms with Crippen LogP contribution in [-0.4, -0.2) is 50.7 Å². The van der Waals surface area contributed by atoms with Crippen LogP contribution in [0.15, 0.2) is 36.9 Å². The number of anilines is 1. The van der Waals surface area contributed by atoms with Crippen LogP contribution in [-0.2, 0) is 17.8 Å². The molecule has 0 spiro atoms. The Morgan fingerprint density at radius 2 is 2.21 bits per heavy atom. The van der Waals surface area contributed by atoms with Gasteiger partial charge in [0.1, 0.15) is 12.7 Å². The van der Waals surface area contributed by atoms with Crippen LogP contribution in [0.3, 0.4) is 0 Å². The number of carbonyl (C=O) groups excluding carboxylic acids is 1. The van der Waals surface area contributed by atoms with Crippen molar-refractivity contribution in [3.8, 4) is 0 Å². The number of aromatic nitrogens is 3. The van der Waals surface area contributed by atoms with E-state index in [0.29, 0.717) is 6.04 Å². The number of fused-ring (bicyclic) bond motifs is 1. The van der Waals surface area contributed by atoms with Crippen molar-refractivity contribution in [3.05, 3.63) is 42.5 Å². The van der Waals surface area contributed by atoms with Crippen LogP contribution < -0.4 is 4.90 Å². The van der Waals surface area contributed by atoms with Gasteiger partial charge in [-0.15, -0.1) is 0 Å². The van der Waals surface area contributed by atoms with Crippen molar-refractivity contribution in [2.45, 2.75) is 44.8 Å². The van der Waals surface area contributed by atoms with Gasteiger partial charge in [0.2, 0.25) is 5.91 Å². The standard InChI is InChI=1S/C18H23N5O/c1-14(18(24)23-10-8-15-5-2-3-7-17(15)23)22-9-4-6-16(22)11-21-13-19-12-20-21/h2-3,5,7,12-14,16H,4,6,8-11H2,1H3. The van der Waals surface area contributed by atoms with E-state index in [0.717, 1.165) is 44.6 Å². The zero-order valence-electron chi connectivity index (χ0n) is 14.0.